The topological polar surface area (TPSA) is 140 Å². The lowest BCUT2D eigenvalue weighted by molar-refractivity contribution is 0.0954. The Hall–Kier alpha value is -2.92. The molecule has 0 aromatic carbocycles. The van der Waals surface area contributed by atoms with Crippen LogP contribution in [0.3, 0.4) is 0 Å². The number of nitrogens with one attached hydrogen (secondary N) is 1. The molecular formula is C12H12N6O2. The van der Waals surface area contributed by atoms with E-state index in [2.05, 4.69) is 4.98 Å². The highest BCUT2D eigenvalue weighted by Crippen LogP contribution is 2.21. The van der Waals surface area contributed by atoms with E-state index < -0.39 is 11.5 Å². The molecule has 0 aliphatic rings. The Bertz CT molecular complexity index is 831. The molecule has 0 saturated carbocycles. The Labute approximate surface area is 113 Å². The number of hydrogen-bond acceptors (Lipinski definition) is 6. The van der Waals surface area contributed by atoms with Crippen LogP contribution in [0, 0.1) is 18.3 Å². The first-order chi connectivity index (χ1) is 9.42. The molecular weight excluding hydrogens is 260 g/mol. The lowest BCUT2D eigenvalue weighted by Crippen LogP contribution is -2.31. The molecule has 20 heavy (non-hydrogen) atoms. The van der Waals surface area contributed by atoms with Gasteiger partial charge in [0.25, 0.3) is 11.5 Å². The molecule has 2 heterocycles. The third kappa shape index (κ3) is 1.77. The highest BCUT2D eigenvalue weighted by atomic mass is 16.2. The summed E-state index contributed by atoms with van der Waals surface area (Å²) < 4.78 is 1.22. The van der Waals surface area contributed by atoms with Gasteiger partial charge in [-0.2, -0.15) is 5.26 Å². The van der Waals surface area contributed by atoms with Gasteiger partial charge in [0, 0.05) is 12.4 Å². The van der Waals surface area contributed by atoms with Crippen molar-refractivity contribution in [3.63, 3.8) is 0 Å². The molecule has 2 aromatic heterocycles. The Morgan fingerprint density at radius 2 is 2.20 bits per heavy atom. The number of amides is 1. The van der Waals surface area contributed by atoms with Crippen LogP contribution in [0.2, 0.25) is 0 Å². The molecule has 0 atom stereocenters. The number of aromatic nitrogens is 2. The second-order valence-electron chi connectivity index (χ2n) is 4.24. The van der Waals surface area contributed by atoms with Crippen LogP contribution in [-0.2, 0) is 7.05 Å². The Morgan fingerprint density at radius 1 is 1.55 bits per heavy atom. The maximum Gasteiger partial charge on any atom is 0.270 e. The van der Waals surface area contributed by atoms with E-state index in [1.807, 2.05) is 11.5 Å². The standard InChI is InChI=1S/C12H12N6O2/c1-5-6-3-7(11(19)17-15)9(14)16-10(6)18(2)12(20)8(5)4-13/h3H,15H2,1-2H3,(H2,14,16)(H,17,19). The van der Waals surface area contributed by atoms with Gasteiger partial charge in [-0.1, -0.05) is 0 Å². The van der Waals surface area contributed by atoms with E-state index in [0.717, 1.165) is 0 Å². The molecule has 0 radical (unpaired) electrons. The summed E-state index contributed by atoms with van der Waals surface area (Å²) in [6.45, 7) is 1.62. The predicted molar refractivity (Wildman–Crippen MR) is 72.5 cm³/mol. The van der Waals surface area contributed by atoms with Gasteiger partial charge in [0.1, 0.15) is 23.1 Å². The minimum Gasteiger partial charge on any atom is -0.383 e. The molecule has 2 aromatic rings. The van der Waals surface area contributed by atoms with Crippen molar-refractivity contribution in [1.82, 2.24) is 15.0 Å². The fraction of sp³-hybridized carbons (Fsp3) is 0.167. The number of nitriles is 1. The fourth-order valence-corrected chi connectivity index (χ4v) is 2.00. The molecule has 0 unspecified atom stereocenters. The number of hydrazine groups is 1. The third-order valence-electron chi connectivity index (χ3n) is 3.13. The van der Waals surface area contributed by atoms with Crippen molar-refractivity contribution in [1.29, 1.82) is 5.26 Å². The smallest absolute Gasteiger partial charge is 0.270 e. The van der Waals surface area contributed by atoms with Gasteiger partial charge in [-0.25, -0.2) is 10.8 Å². The largest absolute Gasteiger partial charge is 0.383 e. The number of hydrogen-bond donors (Lipinski definition) is 3. The van der Waals surface area contributed by atoms with Gasteiger partial charge in [0.05, 0.1) is 5.56 Å². The van der Waals surface area contributed by atoms with E-state index in [0.29, 0.717) is 16.6 Å². The molecule has 0 aliphatic carbocycles. The third-order valence-corrected chi connectivity index (χ3v) is 3.13. The van der Waals surface area contributed by atoms with Crippen LogP contribution in [0.5, 0.6) is 0 Å². The number of carbonyl (C=O) groups is 1. The normalized spacial score (nSPS) is 10.3. The van der Waals surface area contributed by atoms with Gasteiger partial charge < -0.3 is 5.73 Å². The van der Waals surface area contributed by atoms with Gasteiger partial charge in [-0.3, -0.25) is 19.6 Å². The number of carbonyl (C=O) groups excluding carboxylic acids is 1. The Kier molecular flexibility index (Phi) is 3.13. The fourth-order valence-electron chi connectivity index (χ4n) is 2.00. The average molecular weight is 272 g/mol. The average Bonchev–Trinajstić information content (AvgIpc) is 2.44. The van der Waals surface area contributed by atoms with Gasteiger partial charge in [-0.05, 0) is 18.6 Å². The minimum atomic E-state index is -0.594. The molecule has 0 aliphatic heterocycles. The van der Waals surface area contributed by atoms with Crippen LogP contribution in [-0.4, -0.2) is 15.5 Å². The number of pyridine rings is 2. The maximum absolute atomic E-state index is 12.0. The SMILES string of the molecule is Cc1c(C#N)c(=O)n(C)c2nc(N)c(C(=O)NN)cc12. The van der Waals surface area contributed by atoms with Crippen molar-refractivity contribution in [2.24, 2.45) is 12.9 Å². The summed E-state index contributed by atoms with van der Waals surface area (Å²) in [6.07, 6.45) is 0. The predicted octanol–water partition coefficient (Wildman–Crippen LogP) is -0.701. The van der Waals surface area contributed by atoms with Crippen molar-refractivity contribution in [2.45, 2.75) is 6.92 Å². The number of aryl methyl sites for hydroxylation is 2. The van der Waals surface area contributed by atoms with Crippen LogP contribution in [0.4, 0.5) is 5.82 Å². The van der Waals surface area contributed by atoms with Gasteiger partial charge in [-0.15, -0.1) is 0 Å². The van der Waals surface area contributed by atoms with Crippen LogP contribution in [0.15, 0.2) is 10.9 Å². The summed E-state index contributed by atoms with van der Waals surface area (Å²) >= 11 is 0. The molecule has 102 valence electrons. The second-order valence-corrected chi connectivity index (χ2v) is 4.24. The highest BCUT2D eigenvalue weighted by molar-refractivity contribution is 6.01. The number of nitrogens with two attached hydrogens (primary N) is 2. The van der Waals surface area contributed by atoms with E-state index in [1.54, 1.807) is 6.92 Å². The monoisotopic (exact) mass is 272 g/mol. The molecule has 1 amide bonds. The van der Waals surface area contributed by atoms with Crippen molar-refractivity contribution in [2.75, 3.05) is 5.73 Å². The minimum absolute atomic E-state index is 0.00526. The van der Waals surface area contributed by atoms with Crippen molar-refractivity contribution in [3.8, 4) is 6.07 Å². The highest BCUT2D eigenvalue weighted by Gasteiger charge is 2.17. The first kappa shape index (κ1) is 13.5. The zero-order chi connectivity index (χ0) is 15.0. The number of nitrogens with zero attached hydrogens (tertiary/aromatic N) is 3. The first-order valence-corrected chi connectivity index (χ1v) is 5.63. The summed E-state index contributed by atoms with van der Waals surface area (Å²) in [7, 11) is 1.49. The summed E-state index contributed by atoms with van der Waals surface area (Å²) in [5.74, 6) is 4.44. The molecule has 5 N–H and O–H groups in total. The van der Waals surface area contributed by atoms with Gasteiger partial charge >= 0.3 is 0 Å². The zero-order valence-electron chi connectivity index (χ0n) is 10.9. The molecule has 2 rings (SSSR count). The molecule has 8 nitrogen and oxygen atoms in total. The van der Waals surface area contributed by atoms with Crippen LogP contribution in [0.1, 0.15) is 21.5 Å². The maximum atomic E-state index is 12.0. The summed E-state index contributed by atoms with van der Waals surface area (Å²) in [4.78, 5) is 27.6. The first-order valence-electron chi connectivity index (χ1n) is 5.63. The van der Waals surface area contributed by atoms with Crippen molar-refractivity contribution < 1.29 is 4.79 Å². The molecule has 0 bridgehead atoms. The lowest BCUT2D eigenvalue weighted by atomic mass is 10.1. The molecule has 0 spiro atoms. The Morgan fingerprint density at radius 3 is 2.75 bits per heavy atom. The lowest BCUT2D eigenvalue weighted by Gasteiger charge is -2.11. The quantitative estimate of drug-likeness (QED) is 0.356. The molecule has 0 fully saturated rings. The van der Waals surface area contributed by atoms with Crippen LogP contribution in [0.25, 0.3) is 11.0 Å². The van der Waals surface area contributed by atoms with Gasteiger partial charge in [0.2, 0.25) is 0 Å². The summed E-state index contributed by atoms with van der Waals surface area (Å²) in [6, 6.07) is 3.32. The van der Waals surface area contributed by atoms with E-state index in [4.69, 9.17) is 16.8 Å². The van der Waals surface area contributed by atoms with E-state index in [1.165, 1.54) is 17.7 Å². The summed E-state index contributed by atoms with van der Waals surface area (Å²) in [5.41, 5.74) is 8.05. The van der Waals surface area contributed by atoms with Crippen LogP contribution < -0.4 is 22.6 Å². The number of fused-ring (bicyclic) bond motifs is 1. The van der Waals surface area contributed by atoms with E-state index in [9.17, 15) is 9.59 Å². The summed E-state index contributed by atoms with van der Waals surface area (Å²) in [5, 5.41) is 9.55. The van der Waals surface area contributed by atoms with Gasteiger partial charge in [0.15, 0.2) is 0 Å². The van der Waals surface area contributed by atoms with E-state index >= 15 is 0 Å². The zero-order valence-corrected chi connectivity index (χ0v) is 10.9. The number of anilines is 1. The second kappa shape index (κ2) is 4.64. The molecule has 0 saturated heterocycles. The van der Waals surface area contributed by atoms with Crippen LogP contribution >= 0.6 is 0 Å². The Balaban J connectivity index is 2.99. The van der Waals surface area contributed by atoms with Crippen molar-refractivity contribution in [3.05, 3.63) is 33.1 Å². The van der Waals surface area contributed by atoms with Crippen molar-refractivity contribution >= 4 is 22.8 Å². The number of nitrogen functional groups attached to an aromatic ring is 2. The van der Waals surface area contributed by atoms with E-state index in [-0.39, 0.29) is 16.9 Å². The number of rotatable bonds is 1. The molecule has 8 heteroatoms.